The fourth-order valence-corrected chi connectivity index (χ4v) is 7.57. The van der Waals surface area contributed by atoms with Gasteiger partial charge in [0.15, 0.2) is 0 Å². The molecule has 0 aromatic heterocycles. The van der Waals surface area contributed by atoms with Gasteiger partial charge in [-0.3, -0.25) is 0 Å². The molecule has 2 saturated carbocycles. The molecule has 0 radical (unpaired) electrons. The lowest BCUT2D eigenvalue weighted by Gasteiger charge is -2.52. The van der Waals surface area contributed by atoms with Gasteiger partial charge in [-0.2, -0.15) is 0 Å². The molecule has 1 aliphatic heterocycles. The lowest BCUT2D eigenvalue weighted by atomic mass is 9.60. The monoisotopic (exact) mass is 536 g/mol. The highest BCUT2D eigenvalue weighted by Crippen LogP contribution is 2.67. The minimum Gasteiger partial charge on any atom is -0.507 e. The van der Waals surface area contributed by atoms with Gasteiger partial charge in [-0.1, -0.05) is 12.8 Å². The minimum absolute atomic E-state index is 0.0320. The Hall–Kier alpha value is -1.40. The summed E-state index contributed by atoms with van der Waals surface area (Å²) in [4.78, 5) is 0. The van der Waals surface area contributed by atoms with Crippen LogP contribution < -0.4 is 4.74 Å². The van der Waals surface area contributed by atoms with Gasteiger partial charge in [0.2, 0.25) is 0 Å². The molecule has 5 rings (SSSR count). The number of fused-ring (bicyclic) bond motifs is 4. The van der Waals surface area contributed by atoms with Crippen LogP contribution >= 0.6 is 31.9 Å². The highest BCUT2D eigenvalue weighted by molar-refractivity contribution is 9.10. The molecule has 6 heteroatoms. The second-order valence-electron chi connectivity index (χ2n) is 9.24. The standard InChI is InChI=1S/C24H26Br2O4/c1-12-19(27)14(10-16(25)20(12)28)24-9-5-6-18(24)23(7-3-4-8-23)15-11-17(26)21(29)13(2)22(15)30-24/h10-11,18,27-29H,3-9H2,1-2H3/t18-,24+/m0/s1. The van der Waals surface area contributed by atoms with Crippen molar-refractivity contribution in [2.75, 3.05) is 0 Å². The third kappa shape index (κ3) is 2.49. The first-order valence-corrected chi connectivity index (χ1v) is 12.2. The first-order chi connectivity index (χ1) is 14.2. The normalized spacial score (nSPS) is 26.5. The molecule has 4 nitrogen and oxygen atoms in total. The van der Waals surface area contributed by atoms with Crippen molar-refractivity contribution in [2.24, 2.45) is 5.92 Å². The fourth-order valence-electron chi connectivity index (χ4n) is 6.52. The second kappa shape index (κ2) is 6.80. The van der Waals surface area contributed by atoms with Crippen LogP contribution in [0, 0.1) is 19.8 Å². The van der Waals surface area contributed by atoms with E-state index in [2.05, 4.69) is 37.9 Å². The summed E-state index contributed by atoms with van der Waals surface area (Å²) in [5.74, 6) is 1.38. The van der Waals surface area contributed by atoms with Crippen molar-refractivity contribution in [1.29, 1.82) is 0 Å². The Morgan fingerprint density at radius 2 is 1.43 bits per heavy atom. The zero-order valence-electron chi connectivity index (χ0n) is 17.2. The van der Waals surface area contributed by atoms with Gasteiger partial charge in [0.25, 0.3) is 0 Å². The molecule has 0 bridgehead atoms. The molecule has 2 aromatic carbocycles. The number of hydrogen-bond donors (Lipinski definition) is 3. The molecular formula is C24H26Br2O4. The van der Waals surface area contributed by atoms with Crippen LogP contribution in [-0.2, 0) is 11.0 Å². The van der Waals surface area contributed by atoms with Gasteiger partial charge >= 0.3 is 0 Å². The van der Waals surface area contributed by atoms with Gasteiger partial charge in [0.05, 0.1) is 8.95 Å². The Bertz CT molecular complexity index is 1060. The van der Waals surface area contributed by atoms with Crippen molar-refractivity contribution >= 4 is 31.9 Å². The number of rotatable bonds is 1. The first-order valence-electron chi connectivity index (χ1n) is 10.7. The predicted molar refractivity (Wildman–Crippen MR) is 123 cm³/mol. The zero-order chi connectivity index (χ0) is 21.4. The van der Waals surface area contributed by atoms with Crippen LogP contribution in [0.1, 0.15) is 67.2 Å². The third-order valence-corrected chi connectivity index (χ3v) is 9.15. The topological polar surface area (TPSA) is 69.9 Å². The van der Waals surface area contributed by atoms with Crippen LogP contribution in [0.15, 0.2) is 21.1 Å². The summed E-state index contributed by atoms with van der Waals surface area (Å²) in [6.07, 6.45) is 7.38. The zero-order valence-corrected chi connectivity index (χ0v) is 20.4. The van der Waals surface area contributed by atoms with Gasteiger partial charge in [0.1, 0.15) is 28.6 Å². The Kier molecular flexibility index (Phi) is 4.64. The van der Waals surface area contributed by atoms with E-state index in [1.54, 1.807) is 6.92 Å². The molecule has 1 spiro atoms. The quantitative estimate of drug-likeness (QED) is 0.372. The molecule has 2 atom stereocenters. The van der Waals surface area contributed by atoms with Crippen molar-refractivity contribution in [3.63, 3.8) is 0 Å². The number of aromatic hydroxyl groups is 3. The van der Waals surface area contributed by atoms with E-state index in [0.717, 1.165) is 49.0 Å². The first kappa shape index (κ1) is 20.5. The van der Waals surface area contributed by atoms with Crippen LogP contribution in [0.4, 0.5) is 0 Å². The van der Waals surface area contributed by atoms with Gasteiger partial charge in [-0.05, 0) is 89.9 Å². The number of hydrogen-bond acceptors (Lipinski definition) is 4. The number of benzene rings is 2. The van der Waals surface area contributed by atoms with Crippen LogP contribution in [0.3, 0.4) is 0 Å². The van der Waals surface area contributed by atoms with E-state index < -0.39 is 5.60 Å². The molecule has 2 fully saturated rings. The highest BCUT2D eigenvalue weighted by atomic mass is 79.9. The van der Waals surface area contributed by atoms with Crippen LogP contribution in [0.25, 0.3) is 0 Å². The summed E-state index contributed by atoms with van der Waals surface area (Å²) in [7, 11) is 0. The maximum absolute atomic E-state index is 11.1. The van der Waals surface area contributed by atoms with E-state index in [0.29, 0.717) is 14.5 Å². The van der Waals surface area contributed by atoms with Crippen molar-refractivity contribution in [3.05, 3.63) is 43.3 Å². The van der Waals surface area contributed by atoms with Crippen LogP contribution in [0.2, 0.25) is 0 Å². The average Bonchev–Trinajstić information content (AvgIpc) is 3.38. The molecule has 3 N–H and O–H groups in total. The fraction of sp³-hybridized carbons (Fsp3) is 0.500. The maximum Gasteiger partial charge on any atom is 0.141 e. The summed E-state index contributed by atoms with van der Waals surface area (Å²) in [6.45, 7) is 3.64. The second-order valence-corrected chi connectivity index (χ2v) is 10.9. The lowest BCUT2D eigenvalue weighted by Crippen LogP contribution is -2.51. The summed E-state index contributed by atoms with van der Waals surface area (Å²) in [6, 6.07) is 3.89. The van der Waals surface area contributed by atoms with Crippen molar-refractivity contribution < 1.29 is 20.1 Å². The summed E-state index contributed by atoms with van der Waals surface area (Å²) in [5, 5.41) is 32.1. The Morgan fingerprint density at radius 3 is 2.10 bits per heavy atom. The van der Waals surface area contributed by atoms with E-state index >= 15 is 0 Å². The molecule has 30 heavy (non-hydrogen) atoms. The van der Waals surface area contributed by atoms with E-state index in [9.17, 15) is 15.3 Å². The number of phenols is 3. The Labute approximate surface area is 193 Å². The Morgan fingerprint density at radius 1 is 0.833 bits per heavy atom. The predicted octanol–water partition coefficient (Wildman–Crippen LogP) is 6.85. The van der Waals surface area contributed by atoms with Crippen molar-refractivity contribution in [3.8, 4) is 23.0 Å². The van der Waals surface area contributed by atoms with E-state index in [4.69, 9.17) is 4.74 Å². The van der Waals surface area contributed by atoms with Crippen LogP contribution in [0.5, 0.6) is 23.0 Å². The van der Waals surface area contributed by atoms with Gasteiger partial charge in [0, 0.05) is 33.6 Å². The molecule has 0 saturated heterocycles. The SMILES string of the molecule is Cc1c(O)c(Br)cc([C@]23CCC[C@H]2C2(CCCC2)c2cc(Br)c(O)c(C)c2O3)c1O. The molecule has 2 aliphatic carbocycles. The van der Waals surface area contributed by atoms with Crippen LogP contribution in [-0.4, -0.2) is 15.3 Å². The van der Waals surface area contributed by atoms with Gasteiger partial charge in [-0.15, -0.1) is 0 Å². The van der Waals surface area contributed by atoms with Crippen molar-refractivity contribution in [2.45, 2.75) is 69.8 Å². The number of phenolic OH excluding ortho intramolecular Hbond substituents is 3. The van der Waals surface area contributed by atoms with E-state index in [1.165, 1.54) is 18.4 Å². The molecule has 160 valence electrons. The Balaban J connectivity index is 1.83. The summed E-state index contributed by atoms with van der Waals surface area (Å²) < 4.78 is 8.15. The van der Waals surface area contributed by atoms with E-state index in [-0.39, 0.29) is 28.6 Å². The number of halogens is 2. The third-order valence-electron chi connectivity index (χ3n) is 7.94. The lowest BCUT2D eigenvalue weighted by molar-refractivity contribution is -0.0373. The minimum atomic E-state index is -0.673. The smallest absolute Gasteiger partial charge is 0.141 e. The molecule has 0 amide bonds. The number of ether oxygens (including phenoxy) is 1. The van der Waals surface area contributed by atoms with Gasteiger partial charge < -0.3 is 20.1 Å². The molecule has 2 aromatic rings. The average molecular weight is 538 g/mol. The van der Waals surface area contributed by atoms with Crippen molar-refractivity contribution in [1.82, 2.24) is 0 Å². The van der Waals surface area contributed by atoms with E-state index in [1.807, 2.05) is 13.0 Å². The summed E-state index contributed by atoms with van der Waals surface area (Å²) in [5.41, 5.74) is 2.43. The summed E-state index contributed by atoms with van der Waals surface area (Å²) >= 11 is 7.02. The largest absolute Gasteiger partial charge is 0.507 e. The molecule has 0 unspecified atom stereocenters. The molecule has 1 heterocycles. The van der Waals surface area contributed by atoms with Gasteiger partial charge in [-0.25, -0.2) is 0 Å². The maximum atomic E-state index is 11.1. The molecule has 3 aliphatic rings. The molecular weight excluding hydrogens is 512 g/mol. The highest BCUT2D eigenvalue weighted by Gasteiger charge is 2.62.